The highest BCUT2D eigenvalue weighted by atomic mass is 16.3. The number of hydrogen-bond donors (Lipinski definition) is 2. The molecule has 0 spiro atoms. The average Bonchev–Trinajstić information content (AvgIpc) is 2.02. The van der Waals surface area contributed by atoms with Crippen molar-refractivity contribution in [3.8, 4) is 5.75 Å². The molecule has 0 aliphatic rings. The summed E-state index contributed by atoms with van der Waals surface area (Å²) >= 11 is 0. The lowest BCUT2D eigenvalue weighted by Crippen LogP contribution is -2.15. The molecule has 0 bridgehead atoms. The summed E-state index contributed by atoms with van der Waals surface area (Å²) in [5.74, 6) is 0.179. The molecule has 0 fully saturated rings. The zero-order valence-corrected chi connectivity index (χ0v) is 9.31. The minimum absolute atomic E-state index is 0.0677. The molecule has 3 N–H and O–H groups in total. The second kappa shape index (κ2) is 3.62. The fraction of sp³-hybridized carbons (Fsp3) is 0.500. The monoisotopic (exact) mass is 192 g/mol. The number of hydrogen-bond acceptors (Lipinski definition) is 2. The Morgan fingerprint density at radius 3 is 2.43 bits per heavy atom. The Hall–Kier alpha value is -1.02. The van der Waals surface area contributed by atoms with Crippen LogP contribution in [-0.4, -0.2) is 5.11 Å². The highest BCUT2D eigenvalue weighted by Gasteiger charge is 2.19. The number of phenols is 1. The zero-order valence-electron chi connectivity index (χ0n) is 9.31. The molecule has 0 unspecified atom stereocenters. The van der Waals surface area contributed by atoms with Crippen molar-refractivity contribution in [2.75, 3.05) is 0 Å². The predicted molar refractivity (Wildman–Crippen MR) is 58.3 cm³/mol. The van der Waals surface area contributed by atoms with Crippen LogP contribution in [0, 0.1) is 13.0 Å². The first-order valence-electron chi connectivity index (χ1n) is 4.81. The van der Waals surface area contributed by atoms with E-state index in [2.05, 4.69) is 26.8 Å². The lowest BCUT2D eigenvalue weighted by Gasteiger charge is -2.23. The van der Waals surface area contributed by atoms with Gasteiger partial charge in [0.25, 0.3) is 0 Å². The van der Waals surface area contributed by atoms with E-state index in [0.717, 1.165) is 11.1 Å². The Kier molecular flexibility index (Phi) is 2.86. The summed E-state index contributed by atoms with van der Waals surface area (Å²) in [5, 5.41) is 9.55. The van der Waals surface area contributed by atoms with Crippen LogP contribution in [0.2, 0.25) is 0 Å². The summed E-state index contributed by atoms with van der Waals surface area (Å²) < 4.78 is 0. The molecule has 2 heteroatoms. The number of phenolic OH excluding ortho intramolecular Hbond substituents is 1. The van der Waals surface area contributed by atoms with E-state index in [4.69, 9.17) is 5.73 Å². The van der Waals surface area contributed by atoms with Crippen molar-refractivity contribution in [2.45, 2.75) is 39.7 Å². The van der Waals surface area contributed by atoms with Crippen molar-refractivity contribution in [3.05, 3.63) is 28.8 Å². The number of rotatable bonds is 1. The van der Waals surface area contributed by atoms with Crippen LogP contribution < -0.4 is 5.73 Å². The molecule has 2 nitrogen and oxygen atoms in total. The molecular formula is C12H18NO. The molecule has 0 aromatic heterocycles. The SMILES string of the molecule is Cc1c(C(C)(C)C)c[c]c(O)c1CN. The lowest BCUT2D eigenvalue weighted by atomic mass is 9.82. The molecule has 0 heterocycles. The van der Waals surface area contributed by atoms with E-state index in [9.17, 15) is 5.11 Å². The third-order valence-electron chi connectivity index (χ3n) is 2.51. The Bertz CT molecular complexity index is 337. The first kappa shape index (κ1) is 11.1. The third-order valence-corrected chi connectivity index (χ3v) is 2.51. The van der Waals surface area contributed by atoms with Gasteiger partial charge in [-0.1, -0.05) is 20.8 Å². The van der Waals surface area contributed by atoms with Crippen molar-refractivity contribution < 1.29 is 5.11 Å². The van der Waals surface area contributed by atoms with Gasteiger partial charge in [-0.2, -0.15) is 0 Å². The molecule has 1 aromatic carbocycles. The van der Waals surface area contributed by atoms with Crippen LogP contribution in [0.5, 0.6) is 5.75 Å². The van der Waals surface area contributed by atoms with Crippen molar-refractivity contribution in [3.63, 3.8) is 0 Å². The quantitative estimate of drug-likeness (QED) is 0.717. The van der Waals surface area contributed by atoms with Crippen LogP contribution in [0.25, 0.3) is 0 Å². The topological polar surface area (TPSA) is 46.2 Å². The van der Waals surface area contributed by atoms with Gasteiger partial charge in [0.05, 0.1) is 0 Å². The molecule has 0 saturated heterocycles. The second-order valence-electron chi connectivity index (χ2n) is 4.61. The van der Waals surface area contributed by atoms with E-state index >= 15 is 0 Å². The van der Waals surface area contributed by atoms with Gasteiger partial charge in [-0.15, -0.1) is 0 Å². The normalized spacial score (nSPS) is 11.8. The van der Waals surface area contributed by atoms with Gasteiger partial charge in [-0.25, -0.2) is 0 Å². The summed E-state index contributed by atoms with van der Waals surface area (Å²) in [7, 11) is 0. The molecule has 0 aliphatic heterocycles. The summed E-state index contributed by atoms with van der Waals surface area (Å²) in [6.45, 7) is 8.77. The Morgan fingerprint density at radius 2 is 2.00 bits per heavy atom. The molecule has 14 heavy (non-hydrogen) atoms. The first-order valence-corrected chi connectivity index (χ1v) is 4.81. The minimum Gasteiger partial charge on any atom is -0.507 e. The largest absolute Gasteiger partial charge is 0.507 e. The first-order chi connectivity index (χ1) is 6.38. The maximum Gasteiger partial charge on any atom is 0.128 e. The third kappa shape index (κ3) is 1.90. The van der Waals surface area contributed by atoms with Gasteiger partial charge in [0.2, 0.25) is 0 Å². The molecule has 0 amide bonds. The van der Waals surface area contributed by atoms with Crippen LogP contribution in [0.4, 0.5) is 0 Å². The fourth-order valence-electron chi connectivity index (χ4n) is 1.70. The van der Waals surface area contributed by atoms with Gasteiger partial charge in [-0.05, 0) is 29.5 Å². The van der Waals surface area contributed by atoms with Gasteiger partial charge in [-0.3, -0.25) is 0 Å². The smallest absolute Gasteiger partial charge is 0.128 e. The average molecular weight is 192 g/mol. The minimum atomic E-state index is 0.0677. The molecule has 0 saturated carbocycles. The van der Waals surface area contributed by atoms with Crippen LogP contribution in [-0.2, 0) is 12.0 Å². The summed E-state index contributed by atoms with van der Waals surface area (Å²) in [6, 6.07) is 4.69. The van der Waals surface area contributed by atoms with Crippen LogP contribution >= 0.6 is 0 Å². The van der Waals surface area contributed by atoms with E-state index in [1.54, 1.807) is 0 Å². The van der Waals surface area contributed by atoms with E-state index < -0.39 is 0 Å². The van der Waals surface area contributed by atoms with E-state index in [1.165, 1.54) is 5.56 Å². The maximum absolute atomic E-state index is 9.55. The van der Waals surface area contributed by atoms with Gasteiger partial charge >= 0.3 is 0 Å². The summed E-state index contributed by atoms with van der Waals surface area (Å²) in [6.07, 6.45) is 0. The highest BCUT2D eigenvalue weighted by Crippen LogP contribution is 2.31. The molecule has 77 valence electrons. The maximum atomic E-state index is 9.55. The molecule has 1 rings (SSSR count). The molecule has 0 atom stereocenters. The second-order valence-corrected chi connectivity index (χ2v) is 4.61. The fourth-order valence-corrected chi connectivity index (χ4v) is 1.70. The van der Waals surface area contributed by atoms with Crippen molar-refractivity contribution in [1.29, 1.82) is 0 Å². The molecular weight excluding hydrogens is 174 g/mol. The summed E-state index contributed by atoms with van der Waals surface area (Å²) in [4.78, 5) is 0. The van der Waals surface area contributed by atoms with Crippen molar-refractivity contribution in [2.24, 2.45) is 5.73 Å². The van der Waals surface area contributed by atoms with Gasteiger partial charge in [0.1, 0.15) is 5.75 Å². The Morgan fingerprint density at radius 1 is 1.43 bits per heavy atom. The number of nitrogens with two attached hydrogens (primary N) is 1. The molecule has 1 aromatic rings. The van der Waals surface area contributed by atoms with E-state index in [0.29, 0.717) is 6.54 Å². The van der Waals surface area contributed by atoms with Crippen LogP contribution in [0.1, 0.15) is 37.5 Å². The van der Waals surface area contributed by atoms with Crippen LogP contribution in [0.15, 0.2) is 6.07 Å². The Labute approximate surface area is 85.8 Å². The predicted octanol–water partition coefficient (Wildman–Crippen LogP) is 2.26. The zero-order chi connectivity index (χ0) is 10.9. The van der Waals surface area contributed by atoms with Gasteiger partial charge in [0, 0.05) is 18.2 Å². The Balaban J connectivity index is 3.36. The molecule has 0 aliphatic carbocycles. The van der Waals surface area contributed by atoms with Gasteiger partial charge < -0.3 is 10.8 Å². The number of aromatic hydroxyl groups is 1. The van der Waals surface area contributed by atoms with Crippen LogP contribution in [0.3, 0.4) is 0 Å². The number of benzene rings is 1. The standard InChI is InChI=1S/C12H18NO/c1-8-9(7-13)11(14)6-5-10(8)12(2,3)4/h5,14H,7,13H2,1-4H3. The summed E-state index contributed by atoms with van der Waals surface area (Å²) in [5.41, 5.74) is 8.72. The van der Waals surface area contributed by atoms with Gasteiger partial charge in [0.15, 0.2) is 0 Å². The van der Waals surface area contributed by atoms with Crippen molar-refractivity contribution >= 4 is 0 Å². The highest BCUT2D eigenvalue weighted by molar-refractivity contribution is 5.45. The van der Waals surface area contributed by atoms with E-state index in [1.807, 2.05) is 13.0 Å². The molecule has 1 radical (unpaired) electrons. The van der Waals surface area contributed by atoms with E-state index in [-0.39, 0.29) is 11.2 Å². The van der Waals surface area contributed by atoms with Crippen molar-refractivity contribution in [1.82, 2.24) is 0 Å². The lowest BCUT2D eigenvalue weighted by molar-refractivity contribution is 0.464.